The summed E-state index contributed by atoms with van der Waals surface area (Å²) in [5, 5.41) is 0. The van der Waals surface area contributed by atoms with Gasteiger partial charge in [0.25, 0.3) is 0 Å². The van der Waals surface area contributed by atoms with Crippen molar-refractivity contribution in [3.63, 3.8) is 0 Å². The van der Waals surface area contributed by atoms with Crippen molar-refractivity contribution in [2.75, 3.05) is 5.73 Å². The summed E-state index contributed by atoms with van der Waals surface area (Å²) >= 11 is 0. The molecule has 78 valence electrons. The SMILES string of the molecule is CC(C)CC(N)Cc1cccnc1N. The quantitative estimate of drug-likeness (QED) is 0.763. The molecule has 0 radical (unpaired) electrons. The van der Waals surface area contributed by atoms with Crippen molar-refractivity contribution >= 4 is 5.82 Å². The van der Waals surface area contributed by atoms with Crippen LogP contribution in [0.1, 0.15) is 25.8 Å². The van der Waals surface area contributed by atoms with E-state index in [0.29, 0.717) is 11.7 Å². The normalized spacial score (nSPS) is 13.1. The number of anilines is 1. The second-order valence-corrected chi connectivity index (χ2v) is 4.14. The van der Waals surface area contributed by atoms with Crippen LogP contribution in [0.4, 0.5) is 5.82 Å². The Balaban J connectivity index is 2.56. The average Bonchev–Trinajstić information content (AvgIpc) is 2.07. The van der Waals surface area contributed by atoms with E-state index in [0.717, 1.165) is 18.4 Å². The highest BCUT2D eigenvalue weighted by Gasteiger charge is 2.08. The molecule has 0 saturated carbocycles. The first-order valence-electron chi connectivity index (χ1n) is 5.04. The summed E-state index contributed by atoms with van der Waals surface area (Å²) in [5.74, 6) is 1.23. The molecule has 0 aliphatic rings. The van der Waals surface area contributed by atoms with E-state index in [1.165, 1.54) is 0 Å². The van der Waals surface area contributed by atoms with Crippen LogP contribution in [-0.4, -0.2) is 11.0 Å². The molecule has 1 atom stereocenters. The third-order valence-corrected chi connectivity index (χ3v) is 2.18. The molecule has 0 fully saturated rings. The number of hydrogen-bond donors (Lipinski definition) is 2. The van der Waals surface area contributed by atoms with E-state index in [9.17, 15) is 0 Å². The Morgan fingerprint density at radius 3 is 2.71 bits per heavy atom. The molecule has 0 saturated heterocycles. The number of hydrogen-bond acceptors (Lipinski definition) is 3. The molecule has 14 heavy (non-hydrogen) atoms. The van der Waals surface area contributed by atoms with Crippen molar-refractivity contribution in [1.29, 1.82) is 0 Å². The highest BCUT2D eigenvalue weighted by atomic mass is 14.8. The van der Waals surface area contributed by atoms with Crippen molar-refractivity contribution in [2.24, 2.45) is 11.7 Å². The van der Waals surface area contributed by atoms with Gasteiger partial charge in [0.1, 0.15) is 5.82 Å². The first-order valence-corrected chi connectivity index (χ1v) is 5.04. The number of nitrogens with two attached hydrogens (primary N) is 2. The largest absolute Gasteiger partial charge is 0.383 e. The van der Waals surface area contributed by atoms with Gasteiger partial charge in [0, 0.05) is 12.2 Å². The van der Waals surface area contributed by atoms with Crippen molar-refractivity contribution < 1.29 is 0 Å². The molecular formula is C11H19N3. The summed E-state index contributed by atoms with van der Waals surface area (Å²) in [5.41, 5.74) is 12.8. The van der Waals surface area contributed by atoms with E-state index in [1.54, 1.807) is 6.20 Å². The number of nitrogens with zero attached hydrogens (tertiary/aromatic N) is 1. The predicted octanol–water partition coefficient (Wildman–Crippen LogP) is 1.58. The maximum atomic E-state index is 5.99. The summed E-state index contributed by atoms with van der Waals surface area (Å²) in [6.07, 6.45) is 3.54. The minimum Gasteiger partial charge on any atom is -0.383 e. The number of nitrogen functional groups attached to an aromatic ring is 1. The first kappa shape index (κ1) is 11.0. The lowest BCUT2D eigenvalue weighted by atomic mass is 9.98. The fraction of sp³-hybridized carbons (Fsp3) is 0.545. The Labute approximate surface area is 85.5 Å². The molecule has 1 heterocycles. The van der Waals surface area contributed by atoms with Gasteiger partial charge in [-0.3, -0.25) is 0 Å². The van der Waals surface area contributed by atoms with E-state index in [1.807, 2.05) is 12.1 Å². The Hall–Kier alpha value is -1.09. The van der Waals surface area contributed by atoms with Crippen LogP contribution in [0.2, 0.25) is 0 Å². The van der Waals surface area contributed by atoms with Gasteiger partial charge in [-0.15, -0.1) is 0 Å². The summed E-state index contributed by atoms with van der Waals surface area (Å²) in [6.45, 7) is 4.35. The zero-order valence-corrected chi connectivity index (χ0v) is 8.90. The summed E-state index contributed by atoms with van der Waals surface area (Å²) < 4.78 is 0. The molecule has 0 bridgehead atoms. The zero-order chi connectivity index (χ0) is 10.6. The van der Waals surface area contributed by atoms with Gasteiger partial charge < -0.3 is 11.5 Å². The van der Waals surface area contributed by atoms with Crippen LogP contribution in [-0.2, 0) is 6.42 Å². The van der Waals surface area contributed by atoms with Crippen LogP contribution >= 0.6 is 0 Å². The second kappa shape index (κ2) is 4.96. The smallest absolute Gasteiger partial charge is 0.126 e. The fourth-order valence-electron chi connectivity index (χ4n) is 1.59. The van der Waals surface area contributed by atoms with Crippen LogP contribution < -0.4 is 11.5 Å². The summed E-state index contributed by atoms with van der Waals surface area (Å²) in [7, 11) is 0. The highest BCUT2D eigenvalue weighted by Crippen LogP contribution is 2.12. The number of pyridine rings is 1. The highest BCUT2D eigenvalue weighted by molar-refractivity contribution is 5.38. The van der Waals surface area contributed by atoms with Crippen molar-refractivity contribution in [3.8, 4) is 0 Å². The number of rotatable bonds is 4. The minimum absolute atomic E-state index is 0.182. The Bertz CT molecular complexity index is 284. The lowest BCUT2D eigenvalue weighted by molar-refractivity contribution is 0.493. The molecule has 0 amide bonds. The molecule has 1 rings (SSSR count). The maximum Gasteiger partial charge on any atom is 0.126 e. The monoisotopic (exact) mass is 193 g/mol. The molecule has 1 aromatic rings. The minimum atomic E-state index is 0.182. The van der Waals surface area contributed by atoms with Crippen LogP contribution in [0.15, 0.2) is 18.3 Å². The third kappa shape index (κ3) is 3.34. The van der Waals surface area contributed by atoms with E-state index in [4.69, 9.17) is 11.5 Å². The Morgan fingerprint density at radius 1 is 1.43 bits per heavy atom. The van der Waals surface area contributed by atoms with Crippen LogP contribution in [0.25, 0.3) is 0 Å². The van der Waals surface area contributed by atoms with Crippen LogP contribution in [0.5, 0.6) is 0 Å². The lowest BCUT2D eigenvalue weighted by Crippen LogP contribution is -2.25. The van der Waals surface area contributed by atoms with Crippen molar-refractivity contribution in [1.82, 2.24) is 4.98 Å². The molecule has 0 aliphatic carbocycles. The van der Waals surface area contributed by atoms with Gasteiger partial charge in [-0.1, -0.05) is 19.9 Å². The zero-order valence-electron chi connectivity index (χ0n) is 8.90. The van der Waals surface area contributed by atoms with Gasteiger partial charge in [0.2, 0.25) is 0 Å². The van der Waals surface area contributed by atoms with E-state index in [-0.39, 0.29) is 6.04 Å². The summed E-state index contributed by atoms with van der Waals surface area (Å²) in [6, 6.07) is 4.07. The van der Waals surface area contributed by atoms with Gasteiger partial charge in [-0.25, -0.2) is 4.98 Å². The molecule has 0 aromatic carbocycles. The Kier molecular flexibility index (Phi) is 3.89. The van der Waals surface area contributed by atoms with Gasteiger partial charge in [0.05, 0.1) is 0 Å². The van der Waals surface area contributed by atoms with Crippen molar-refractivity contribution in [2.45, 2.75) is 32.7 Å². The lowest BCUT2D eigenvalue weighted by Gasteiger charge is -2.14. The average molecular weight is 193 g/mol. The van der Waals surface area contributed by atoms with Gasteiger partial charge in [-0.05, 0) is 30.4 Å². The van der Waals surface area contributed by atoms with E-state index in [2.05, 4.69) is 18.8 Å². The maximum absolute atomic E-state index is 5.99. The molecule has 1 unspecified atom stereocenters. The fourth-order valence-corrected chi connectivity index (χ4v) is 1.59. The first-order chi connectivity index (χ1) is 6.59. The predicted molar refractivity (Wildman–Crippen MR) is 59.8 cm³/mol. The molecule has 0 spiro atoms. The van der Waals surface area contributed by atoms with E-state index < -0.39 is 0 Å². The third-order valence-electron chi connectivity index (χ3n) is 2.18. The molecule has 0 aliphatic heterocycles. The molecule has 3 heteroatoms. The Morgan fingerprint density at radius 2 is 2.14 bits per heavy atom. The van der Waals surface area contributed by atoms with E-state index >= 15 is 0 Å². The van der Waals surface area contributed by atoms with Gasteiger partial charge in [0.15, 0.2) is 0 Å². The molecular weight excluding hydrogens is 174 g/mol. The summed E-state index contributed by atoms with van der Waals surface area (Å²) in [4.78, 5) is 4.03. The molecule has 4 N–H and O–H groups in total. The van der Waals surface area contributed by atoms with Crippen molar-refractivity contribution in [3.05, 3.63) is 23.9 Å². The second-order valence-electron chi connectivity index (χ2n) is 4.14. The van der Waals surface area contributed by atoms with Gasteiger partial charge in [-0.2, -0.15) is 0 Å². The molecule has 3 nitrogen and oxygen atoms in total. The van der Waals surface area contributed by atoms with Gasteiger partial charge >= 0.3 is 0 Å². The van der Waals surface area contributed by atoms with Crippen LogP contribution in [0.3, 0.4) is 0 Å². The van der Waals surface area contributed by atoms with Crippen LogP contribution in [0, 0.1) is 5.92 Å². The number of aromatic nitrogens is 1. The topological polar surface area (TPSA) is 64.9 Å². The standard InChI is InChI=1S/C11H19N3/c1-8(2)6-10(12)7-9-4-3-5-14-11(9)13/h3-5,8,10H,6-7,12H2,1-2H3,(H2,13,14). The molecule has 1 aromatic heterocycles.